The lowest BCUT2D eigenvalue weighted by Gasteiger charge is -2.31. The van der Waals surface area contributed by atoms with Gasteiger partial charge >= 0.3 is 0 Å². The third kappa shape index (κ3) is 28.9. The Kier molecular flexibility index (Phi) is 35.3. The predicted octanol–water partition coefficient (Wildman–Crippen LogP) is -6.81. The molecular formula is C63H97N19O17S2. The van der Waals surface area contributed by atoms with E-state index in [-0.39, 0.29) is 107 Å². The highest BCUT2D eigenvalue weighted by atomic mass is 33.1. The first-order chi connectivity index (χ1) is 47.8. The van der Waals surface area contributed by atoms with E-state index in [1.807, 2.05) is 0 Å². The molecule has 0 saturated carbocycles. The minimum atomic E-state index is -1.77. The van der Waals surface area contributed by atoms with Gasteiger partial charge in [0, 0.05) is 38.2 Å². The van der Waals surface area contributed by atoms with Crippen LogP contribution in [0.15, 0.2) is 64.6 Å². The van der Waals surface area contributed by atoms with Gasteiger partial charge in [0.25, 0.3) is 0 Å². The summed E-state index contributed by atoms with van der Waals surface area (Å²) in [6, 6.07) is -3.07. The van der Waals surface area contributed by atoms with Crippen molar-refractivity contribution in [3.8, 4) is 5.75 Å². The Morgan fingerprint density at radius 3 is 1.79 bits per heavy atom. The van der Waals surface area contributed by atoms with Gasteiger partial charge in [0.15, 0.2) is 11.9 Å². The third-order valence-electron chi connectivity index (χ3n) is 15.8. The van der Waals surface area contributed by atoms with Crippen molar-refractivity contribution in [1.82, 2.24) is 63.4 Å². The van der Waals surface area contributed by atoms with Crippen molar-refractivity contribution in [3.05, 3.63) is 65.7 Å². The molecule has 2 aromatic carbocycles. The number of carbonyl (C=O) groups excluding carboxylic acids is 13. The highest BCUT2D eigenvalue weighted by Crippen LogP contribution is 2.24. The number of nitrogens with two attached hydrogens (primary N) is 5. The predicted molar refractivity (Wildman–Crippen MR) is 373 cm³/mol. The second kappa shape index (κ2) is 42.5. The molecule has 2 aromatic rings. The van der Waals surface area contributed by atoms with Crippen molar-refractivity contribution in [2.45, 2.75) is 165 Å². The summed E-state index contributed by atoms with van der Waals surface area (Å²) in [5.41, 5.74) is 28.4. The molecule has 2 aliphatic rings. The van der Waals surface area contributed by atoms with Crippen molar-refractivity contribution in [2.75, 3.05) is 50.9 Å². The van der Waals surface area contributed by atoms with E-state index in [1.54, 1.807) is 58.0 Å². The summed E-state index contributed by atoms with van der Waals surface area (Å²) in [7, 11) is 1.74. The van der Waals surface area contributed by atoms with Gasteiger partial charge in [-0.1, -0.05) is 91.7 Å². The van der Waals surface area contributed by atoms with E-state index in [0.717, 1.165) is 21.6 Å². The van der Waals surface area contributed by atoms with Crippen LogP contribution >= 0.6 is 21.6 Å². The standard InChI is InChI=1S/C63H97N19O17S2/c1-32(2)24-40-53(91)77-43(28-83)56(94)75-42(26-36-17-19-37(86)20-18-36)54(92)74-38(14-9-21-69-62(65)66)52(90)71-27-47(87)72-39(15-10-22-70-63(67)68)61(99)82-23-11-16-46(82)59(97)80-49(33(3)4)60(98)79-45(30-100-101-31-48(88)73-40)58(96)76-41(25-35-12-7-6-8-13-35)55(93)78-44(29-84)57(95)81-50(34(5)85)51(64)89/h6-8,12-13,17-20,32-34,38-46,49-50,83-86H,9-11,14-16,21-31H2,1-5H3,(H2,64,89)(H,71,90)(H,72,87)(H,73,88)(H,74,92)(H,75,94)(H,76,96)(H,77,91)(H,78,93)(H,79,98)(H,80,97)(H,81,95)(H4,65,66,69)(H4,67,68,70)/t34-,38+,39+,40+,41+,42+,43+,44+,45+,46+,49+,50+/m1/s1. The number of aromatic hydroxyl groups is 1. The Hall–Kier alpha value is -9.53. The number of benzene rings is 2. The number of hydrogen-bond acceptors (Lipinski definition) is 21. The molecular weight excluding hydrogens is 1360 g/mol. The molecule has 0 aliphatic carbocycles. The van der Waals surface area contributed by atoms with E-state index in [4.69, 9.17) is 28.7 Å². The molecule has 4 rings (SSSR count). The number of primary amides is 1. The maximum atomic E-state index is 14.8. The van der Waals surface area contributed by atoms with Crippen molar-refractivity contribution in [1.29, 1.82) is 0 Å². The fraction of sp³-hybridized carbons (Fsp3) is 0.571. The Morgan fingerprint density at radius 2 is 1.21 bits per heavy atom. The summed E-state index contributed by atoms with van der Waals surface area (Å²) in [5.74, 6) is -14.8. The molecule has 0 bridgehead atoms. The van der Waals surface area contributed by atoms with Crippen molar-refractivity contribution < 1.29 is 82.8 Å². The van der Waals surface area contributed by atoms with Crippen molar-refractivity contribution >= 4 is 110 Å². The van der Waals surface area contributed by atoms with E-state index in [9.17, 15) is 82.8 Å². The number of nitrogens with zero attached hydrogens (tertiary/aromatic N) is 3. The first kappa shape index (κ1) is 83.9. The van der Waals surface area contributed by atoms with Crippen LogP contribution in [-0.4, -0.2) is 238 Å². The van der Waals surface area contributed by atoms with E-state index in [0.29, 0.717) is 11.1 Å². The lowest BCUT2D eigenvalue weighted by molar-refractivity contribution is -0.142. The number of carbonyl (C=O) groups is 13. The molecule has 2 fully saturated rings. The van der Waals surface area contributed by atoms with Crippen LogP contribution in [0.5, 0.6) is 5.75 Å². The Morgan fingerprint density at radius 1 is 0.624 bits per heavy atom. The number of amides is 13. The smallest absolute Gasteiger partial charge is 0.245 e. The van der Waals surface area contributed by atoms with Crippen LogP contribution in [0.2, 0.25) is 0 Å². The molecule has 12 atom stereocenters. The molecule has 38 heteroatoms. The molecule has 0 spiro atoms. The summed E-state index contributed by atoms with van der Waals surface area (Å²) >= 11 is 0. The summed E-state index contributed by atoms with van der Waals surface area (Å²) in [6.07, 6.45) is -1.76. The molecule has 0 unspecified atom stereocenters. The minimum Gasteiger partial charge on any atom is -0.508 e. The molecule has 2 heterocycles. The van der Waals surface area contributed by atoms with Gasteiger partial charge in [-0.05, 0) is 87.0 Å². The Labute approximate surface area is 591 Å². The minimum absolute atomic E-state index is 0.000114. The monoisotopic (exact) mass is 1460 g/mol. The second-order valence-corrected chi connectivity index (χ2v) is 27.4. The number of aliphatic imine (C=N–C) groups is 2. The van der Waals surface area contributed by atoms with E-state index in [1.165, 1.54) is 36.1 Å². The maximum Gasteiger partial charge on any atom is 0.245 e. The largest absolute Gasteiger partial charge is 0.508 e. The first-order valence-electron chi connectivity index (χ1n) is 32.8. The number of aliphatic hydroxyl groups is 3. The van der Waals surface area contributed by atoms with Gasteiger partial charge in [-0.15, -0.1) is 0 Å². The average Bonchev–Trinajstić information content (AvgIpc) is 1.64. The molecule has 36 nitrogen and oxygen atoms in total. The average molecular weight is 1460 g/mol. The zero-order valence-electron chi connectivity index (χ0n) is 56.9. The molecule has 0 aromatic heterocycles. The highest BCUT2D eigenvalue weighted by molar-refractivity contribution is 8.76. The van der Waals surface area contributed by atoms with Gasteiger partial charge in [-0.3, -0.25) is 72.3 Å². The summed E-state index contributed by atoms with van der Waals surface area (Å²) in [6.45, 7) is 4.93. The van der Waals surface area contributed by atoms with Gasteiger partial charge in [-0.2, -0.15) is 0 Å². The molecule has 558 valence electrons. The van der Waals surface area contributed by atoms with Gasteiger partial charge in [0.1, 0.15) is 72.2 Å². The van der Waals surface area contributed by atoms with Gasteiger partial charge in [0.05, 0.1) is 31.6 Å². The van der Waals surface area contributed by atoms with Crippen molar-refractivity contribution in [2.24, 2.45) is 50.5 Å². The number of guanidine groups is 2. The number of phenols is 1. The quantitative estimate of drug-likeness (QED) is 0.0190. The van der Waals surface area contributed by atoms with Crippen LogP contribution in [0, 0.1) is 11.8 Å². The SMILES string of the molecule is CC(C)C[C@@H]1NC(=O)CSSC[C@@H](C(=O)N[C@@H](Cc2ccccc2)C(=O)N[C@@H](CO)C(=O)N[C@H](C(N)=O)[C@@H](C)O)NC(=O)[C@H](C(C)C)NC(=O)[C@@H]2CCCN2C(=O)[C@H](CCCN=C(N)N)NC(=O)CNC(=O)[C@H](CCCN=C(N)N)NC(=O)[C@H](Cc2ccc(O)cc2)NC(=O)[C@H](CO)NC1=O. The number of fused-ring (bicyclic) bond motifs is 1. The number of hydrogen-bond donors (Lipinski definition) is 20. The first-order valence-corrected chi connectivity index (χ1v) is 35.3. The number of aliphatic hydroxyl groups excluding tert-OH is 3. The topological polar surface area (TPSA) is 593 Å². The fourth-order valence-corrected chi connectivity index (χ4v) is 12.5. The van der Waals surface area contributed by atoms with E-state index in [2.05, 4.69) is 68.5 Å². The number of rotatable bonds is 25. The van der Waals surface area contributed by atoms with Gasteiger partial charge in [0.2, 0.25) is 76.8 Å². The number of nitrogens with one attached hydrogen (secondary N) is 11. The van der Waals surface area contributed by atoms with Crippen LogP contribution in [-0.2, 0) is 75.2 Å². The highest BCUT2D eigenvalue weighted by Gasteiger charge is 2.41. The van der Waals surface area contributed by atoms with E-state index < -0.39 is 181 Å². The Bertz CT molecular complexity index is 3230. The molecule has 2 aliphatic heterocycles. The third-order valence-corrected chi connectivity index (χ3v) is 18.1. The molecule has 0 radical (unpaired) electrons. The van der Waals surface area contributed by atoms with Crippen LogP contribution < -0.4 is 87.2 Å². The lowest BCUT2D eigenvalue weighted by atomic mass is 10.0. The lowest BCUT2D eigenvalue weighted by Crippen LogP contribution is -2.62. The van der Waals surface area contributed by atoms with Crippen LogP contribution in [0.25, 0.3) is 0 Å². The van der Waals surface area contributed by atoms with Gasteiger partial charge in [-0.25, -0.2) is 0 Å². The van der Waals surface area contributed by atoms with Crippen LogP contribution in [0.3, 0.4) is 0 Å². The fourth-order valence-electron chi connectivity index (χ4n) is 10.5. The number of phenolic OH excluding ortho intramolecular Hbond substituents is 1. The van der Waals surface area contributed by atoms with E-state index >= 15 is 0 Å². The summed E-state index contributed by atoms with van der Waals surface area (Å²) < 4.78 is 0. The molecule has 2 saturated heterocycles. The maximum absolute atomic E-state index is 14.8. The second-order valence-electron chi connectivity index (χ2n) is 24.9. The summed E-state index contributed by atoms with van der Waals surface area (Å²) in [4.78, 5) is 192. The van der Waals surface area contributed by atoms with Gasteiger partial charge < -0.3 is 112 Å². The molecule has 13 amide bonds. The Balaban J connectivity index is 1.81. The normalized spacial score (nSPS) is 22.6. The van der Waals surface area contributed by atoms with Crippen molar-refractivity contribution in [3.63, 3.8) is 0 Å². The molecule has 101 heavy (non-hydrogen) atoms. The molecule has 25 N–H and O–H groups in total. The zero-order valence-corrected chi connectivity index (χ0v) is 58.6. The zero-order chi connectivity index (χ0) is 75.0. The van der Waals surface area contributed by atoms with Crippen LogP contribution in [0.1, 0.15) is 90.7 Å². The summed E-state index contributed by atoms with van der Waals surface area (Å²) in [5, 5.41) is 68.7. The van der Waals surface area contributed by atoms with Crippen LogP contribution in [0.4, 0.5) is 0 Å².